The molecular weight excluding hydrogens is 791 g/mol. The summed E-state index contributed by atoms with van der Waals surface area (Å²) in [6.45, 7) is 7.95. The van der Waals surface area contributed by atoms with Gasteiger partial charge in [0.2, 0.25) is 0 Å². The van der Waals surface area contributed by atoms with Crippen LogP contribution in [0, 0.1) is 0 Å². The lowest BCUT2D eigenvalue weighted by molar-refractivity contribution is -0.143. The molecule has 0 aromatic heterocycles. The fraction of sp³-hybridized carbons (Fsp3) is 0.216. The zero-order chi connectivity index (χ0) is 42.1. The number of esters is 2. The second-order valence-corrected chi connectivity index (χ2v) is 15.3. The van der Waals surface area contributed by atoms with Gasteiger partial charge in [-0.25, -0.2) is 4.79 Å². The van der Waals surface area contributed by atoms with Gasteiger partial charge in [0.15, 0.2) is 0 Å². The minimum absolute atomic E-state index is 0.137. The average molecular weight is 842 g/mol. The molecule has 6 aromatic carbocycles. The van der Waals surface area contributed by atoms with Crippen molar-refractivity contribution in [1.82, 2.24) is 0 Å². The highest BCUT2D eigenvalue weighted by atomic mass is 35.5. The summed E-state index contributed by atoms with van der Waals surface area (Å²) in [7, 11) is 0. The van der Waals surface area contributed by atoms with Crippen LogP contribution in [0.2, 0.25) is 10.0 Å². The summed E-state index contributed by atoms with van der Waals surface area (Å²) in [6, 6.07) is 48.8. The number of aryl methyl sites for hydroxylation is 1. The van der Waals surface area contributed by atoms with Gasteiger partial charge in [0.05, 0.1) is 19.8 Å². The van der Waals surface area contributed by atoms with E-state index in [4.69, 9.17) is 37.4 Å². The van der Waals surface area contributed by atoms with Crippen molar-refractivity contribution in [3.63, 3.8) is 0 Å². The second kappa shape index (κ2) is 22.5. The molecule has 0 saturated heterocycles. The topological polar surface area (TPSA) is 68.3 Å². The zero-order valence-electron chi connectivity index (χ0n) is 33.9. The van der Waals surface area contributed by atoms with Crippen LogP contribution >= 0.6 is 23.2 Å². The highest BCUT2D eigenvalue weighted by molar-refractivity contribution is 6.30. The largest absolute Gasteiger partial charge is 0.466 e. The van der Waals surface area contributed by atoms with Crippen LogP contribution < -0.4 is 14.5 Å². The Morgan fingerprint density at radius 2 is 1.05 bits per heavy atom. The summed E-state index contributed by atoms with van der Waals surface area (Å²) in [6.07, 6.45) is 5.48. The van der Waals surface area contributed by atoms with Crippen molar-refractivity contribution in [3.8, 4) is 5.75 Å². The molecule has 0 aliphatic rings. The third-order valence-corrected chi connectivity index (χ3v) is 10.4. The summed E-state index contributed by atoms with van der Waals surface area (Å²) in [5.41, 5.74) is 9.67. The molecule has 0 amide bonds. The minimum atomic E-state index is -0.503. The molecule has 60 heavy (non-hydrogen) atoms. The number of unbranched alkanes of at least 4 members (excludes halogenated alkanes) is 2. The van der Waals surface area contributed by atoms with E-state index in [1.165, 1.54) is 5.56 Å². The van der Waals surface area contributed by atoms with E-state index in [9.17, 15) is 9.59 Å². The van der Waals surface area contributed by atoms with Crippen LogP contribution in [0.3, 0.4) is 0 Å². The van der Waals surface area contributed by atoms with Crippen molar-refractivity contribution in [2.45, 2.75) is 65.3 Å². The van der Waals surface area contributed by atoms with Gasteiger partial charge in [-0.05, 0) is 138 Å². The average Bonchev–Trinajstić information content (AvgIpc) is 3.27. The number of nitrogens with zero attached hydrogens (tertiary/aromatic N) is 2. The lowest BCUT2D eigenvalue weighted by atomic mass is 10.1. The quantitative estimate of drug-likeness (QED) is 0.0309. The Morgan fingerprint density at radius 3 is 1.50 bits per heavy atom. The molecule has 0 spiro atoms. The molecule has 0 radical (unpaired) electrons. The normalized spacial score (nSPS) is 10.8. The highest BCUT2D eigenvalue weighted by Crippen LogP contribution is 2.32. The number of carbonyl (C=O) groups excluding carboxylic acids is 2. The van der Waals surface area contributed by atoms with Gasteiger partial charge in [0.25, 0.3) is 0 Å². The molecule has 0 atom stereocenters. The fourth-order valence-electron chi connectivity index (χ4n) is 6.72. The molecular formula is C51H50Cl2N2O5. The van der Waals surface area contributed by atoms with E-state index >= 15 is 0 Å². The number of carbonyl (C=O) groups is 2. The number of benzene rings is 6. The first-order valence-electron chi connectivity index (χ1n) is 20.2. The summed E-state index contributed by atoms with van der Waals surface area (Å²) in [4.78, 5) is 27.6. The molecule has 0 saturated carbocycles. The van der Waals surface area contributed by atoms with Crippen LogP contribution in [0.25, 0.3) is 0 Å². The number of anilines is 4. The smallest absolute Gasteiger partial charge is 0.335 e. The van der Waals surface area contributed by atoms with Gasteiger partial charge in [-0.1, -0.05) is 97.4 Å². The van der Waals surface area contributed by atoms with Crippen molar-refractivity contribution in [2.24, 2.45) is 0 Å². The van der Waals surface area contributed by atoms with E-state index in [2.05, 4.69) is 95.2 Å². The first-order chi connectivity index (χ1) is 29.3. The van der Waals surface area contributed by atoms with E-state index in [-0.39, 0.29) is 5.97 Å². The highest BCUT2D eigenvalue weighted by Gasteiger charge is 2.14. The SMILES string of the molecule is C=CC(=O)Oc1ccc(N(Cc2cccc(Cl)c2)c2ccc(COCc3ccc(N(Cc4cccc(Cl)c4)c4ccc(CCCCCOC(=O)CC)cc4)cc3)cc2)cc1. The molecule has 0 aliphatic heterocycles. The van der Waals surface area contributed by atoms with Crippen LogP contribution in [0.5, 0.6) is 5.75 Å². The van der Waals surface area contributed by atoms with Crippen LogP contribution in [-0.4, -0.2) is 18.5 Å². The Bertz CT molecular complexity index is 2300. The van der Waals surface area contributed by atoms with Crippen LogP contribution in [0.15, 0.2) is 158 Å². The van der Waals surface area contributed by atoms with Crippen LogP contribution in [0.4, 0.5) is 22.7 Å². The standard InChI is InChI=1S/C51H50Cl2N2O5/c1-3-50(56)59-31-7-5-6-10-38-15-21-45(22-16-38)54(34-41-11-8-13-43(52)32-41)46-23-17-39(18-24-46)36-58-37-40-19-25-47(26-20-40)55(35-42-12-9-14-44(53)33-42)48-27-29-49(30-28-48)60-51(57)4-2/h4,8-9,11-30,32-33H,2-3,5-7,10,31,34-37H2,1H3. The molecule has 9 heteroatoms. The Kier molecular flexibility index (Phi) is 16.4. The second-order valence-electron chi connectivity index (χ2n) is 14.4. The molecule has 0 heterocycles. The molecule has 308 valence electrons. The summed E-state index contributed by atoms with van der Waals surface area (Å²) in [5.74, 6) is -0.194. The molecule has 0 N–H and O–H groups in total. The first-order valence-corrected chi connectivity index (χ1v) is 21.0. The Hall–Kier alpha value is -5.86. The number of rotatable bonds is 21. The molecule has 6 rings (SSSR count). The van der Waals surface area contributed by atoms with Crippen molar-refractivity contribution >= 4 is 57.9 Å². The summed E-state index contributed by atoms with van der Waals surface area (Å²) in [5, 5.41) is 1.39. The van der Waals surface area contributed by atoms with Gasteiger partial charge >= 0.3 is 11.9 Å². The maximum absolute atomic E-state index is 11.7. The van der Waals surface area contributed by atoms with Crippen molar-refractivity contribution in [1.29, 1.82) is 0 Å². The summed E-state index contributed by atoms with van der Waals surface area (Å²) < 4.78 is 16.7. The van der Waals surface area contributed by atoms with Crippen molar-refractivity contribution < 1.29 is 23.8 Å². The van der Waals surface area contributed by atoms with Crippen molar-refractivity contribution in [2.75, 3.05) is 16.4 Å². The van der Waals surface area contributed by atoms with E-state index in [0.29, 0.717) is 55.1 Å². The maximum atomic E-state index is 11.7. The molecule has 0 unspecified atom stereocenters. The Morgan fingerprint density at radius 1 is 0.583 bits per heavy atom. The monoisotopic (exact) mass is 840 g/mol. The molecule has 0 bridgehead atoms. The minimum Gasteiger partial charge on any atom is -0.466 e. The molecule has 6 aromatic rings. The van der Waals surface area contributed by atoms with Crippen LogP contribution in [-0.2, 0) is 51.8 Å². The van der Waals surface area contributed by atoms with Crippen molar-refractivity contribution in [3.05, 3.63) is 196 Å². The third kappa shape index (κ3) is 13.3. The van der Waals surface area contributed by atoms with E-state index < -0.39 is 5.97 Å². The lowest BCUT2D eigenvalue weighted by Gasteiger charge is -2.26. The van der Waals surface area contributed by atoms with Gasteiger partial charge in [-0.2, -0.15) is 0 Å². The van der Waals surface area contributed by atoms with Gasteiger partial charge in [0.1, 0.15) is 5.75 Å². The fourth-order valence-corrected chi connectivity index (χ4v) is 7.15. The van der Waals surface area contributed by atoms with Gasteiger partial charge in [-0.3, -0.25) is 4.79 Å². The Labute approximate surface area is 363 Å². The number of hydrogen-bond donors (Lipinski definition) is 0. The maximum Gasteiger partial charge on any atom is 0.335 e. The Balaban J connectivity index is 1.07. The van der Waals surface area contributed by atoms with E-state index in [1.54, 1.807) is 12.1 Å². The van der Waals surface area contributed by atoms with Gasteiger partial charge in [0, 0.05) is 58.4 Å². The number of halogens is 2. The third-order valence-electron chi connectivity index (χ3n) is 9.94. The van der Waals surface area contributed by atoms with Gasteiger partial charge in [-0.15, -0.1) is 0 Å². The predicted molar refractivity (Wildman–Crippen MR) is 243 cm³/mol. The molecule has 0 aliphatic carbocycles. The first kappa shape index (κ1) is 43.7. The number of hydrogen-bond acceptors (Lipinski definition) is 7. The van der Waals surface area contributed by atoms with Crippen LogP contribution in [0.1, 0.15) is 60.4 Å². The van der Waals surface area contributed by atoms with E-state index in [0.717, 1.165) is 76.8 Å². The predicted octanol–water partition coefficient (Wildman–Crippen LogP) is 13.1. The number of ether oxygens (including phenoxy) is 3. The molecule has 7 nitrogen and oxygen atoms in total. The van der Waals surface area contributed by atoms with E-state index in [1.807, 2.05) is 61.5 Å². The lowest BCUT2D eigenvalue weighted by Crippen LogP contribution is -2.16. The van der Waals surface area contributed by atoms with Gasteiger partial charge < -0.3 is 24.0 Å². The zero-order valence-corrected chi connectivity index (χ0v) is 35.4. The molecule has 0 fully saturated rings. The summed E-state index contributed by atoms with van der Waals surface area (Å²) >= 11 is 12.7.